The maximum absolute atomic E-state index is 11.2. The lowest BCUT2D eigenvalue weighted by molar-refractivity contribution is -0.280. The van der Waals surface area contributed by atoms with E-state index in [9.17, 15) is 25.5 Å². The Morgan fingerprint density at radius 2 is 1.40 bits per heavy atom. The van der Waals surface area contributed by atoms with Gasteiger partial charge in [0.2, 0.25) is 0 Å². The molecule has 4 heterocycles. The Kier molecular flexibility index (Phi) is 10.1. The van der Waals surface area contributed by atoms with Crippen molar-refractivity contribution >= 4 is 0 Å². The predicted octanol–water partition coefficient (Wildman–Crippen LogP) is -6.79. The van der Waals surface area contributed by atoms with Gasteiger partial charge >= 0.3 is 0 Å². The highest BCUT2D eigenvalue weighted by atomic mass is 16.7. The molecule has 17 nitrogen and oxygen atoms in total. The van der Waals surface area contributed by atoms with E-state index in [1.54, 1.807) is 0 Å². The summed E-state index contributed by atoms with van der Waals surface area (Å²) in [6, 6.07) is -2.96. The molecule has 0 aromatic heterocycles. The number of nitrogens with two attached hydrogens (primary N) is 6. The minimum absolute atomic E-state index is 0.129. The Morgan fingerprint density at radius 3 is 2.02 bits per heavy atom. The van der Waals surface area contributed by atoms with Crippen LogP contribution in [0.25, 0.3) is 0 Å². The van der Waals surface area contributed by atoms with Crippen molar-refractivity contribution in [3.05, 3.63) is 0 Å². The maximum Gasteiger partial charge on any atom is 0.187 e. The summed E-state index contributed by atoms with van der Waals surface area (Å²) in [7, 11) is 0. The molecule has 5 fully saturated rings. The molecule has 4 aliphatic heterocycles. The molecular weight excluding hydrogens is 560 g/mol. The van der Waals surface area contributed by atoms with Crippen LogP contribution in [0.3, 0.4) is 0 Å². The minimum atomic E-state index is -1.51. The highest BCUT2D eigenvalue weighted by Crippen LogP contribution is 2.40. The fourth-order valence-electron chi connectivity index (χ4n) is 6.83. The van der Waals surface area contributed by atoms with Gasteiger partial charge in [0.05, 0.1) is 55.8 Å². The second kappa shape index (κ2) is 13.0. The number of rotatable bonds is 8. The van der Waals surface area contributed by atoms with Crippen LogP contribution in [-0.4, -0.2) is 155 Å². The summed E-state index contributed by atoms with van der Waals surface area (Å²) in [5, 5.41) is 53.0. The number of ether oxygens (including phenoxy) is 6. The summed E-state index contributed by atoms with van der Waals surface area (Å²) in [4.78, 5) is 0. The molecule has 0 spiro atoms. The Balaban J connectivity index is 1.33. The Morgan fingerprint density at radius 1 is 0.738 bits per heavy atom. The zero-order chi connectivity index (χ0) is 30.5. The van der Waals surface area contributed by atoms with E-state index >= 15 is 0 Å². The maximum atomic E-state index is 11.2. The van der Waals surface area contributed by atoms with Crippen molar-refractivity contribution in [3.8, 4) is 0 Å². The van der Waals surface area contributed by atoms with E-state index < -0.39 is 110 Å². The van der Waals surface area contributed by atoms with Crippen molar-refractivity contribution in [2.75, 3.05) is 26.4 Å². The van der Waals surface area contributed by atoms with Crippen LogP contribution in [0.4, 0.5) is 0 Å². The van der Waals surface area contributed by atoms with Crippen LogP contribution in [0.15, 0.2) is 0 Å². The average molecular weight is 609 g/mol. The third-order valence-electron chi connectivity index (χ3n) is 9.50. The van der Waals surface area contributed by atoms with E-state index in [0.717, 1.165) is 0 Å². The summed E-state index contributed by atoms with van der Waals surface area (Å²) in [6.07, 6.45) is -12.0. The van der Waals surface area contributed by atoms with Crippen LogP contribution in [0.1, 0.15) is 19.3 Å². The molecule has 17 heteroatoms. The molecule has 42 heavy (non-hydrogen) atoms. The molecule has 17 atom stereocenters. The standard InChI is InChI=1S/C25H48N6O11/c26-4-11-17(34)18(35)15(30)23(38-11)41-21-12(5-32)39-24(19(21)36)42-22-14(9(28)3-10(29)16(22)33)20-8(27)1-2-13(40-20)25(31)6-37-7-25/h8-24,32-36H,1-7,26-31H2/t8-,9+,10-,11+,12-,13?,14+,15-,16+,17-,18-,19-,20?,21-,22+,23-,24+/m1/s1. The van der Waals surface area contributed by atoms with Gasteiger partial charge < -0.3 is 88.4 Å². The molecule has 0 aromatic carbocycles. The Labute approximate surface area is 243 Å². The molecule has 1 saturated carbocycles. The number of hydrogen-bond donors (Lipinski definition) is 11. The fourth-order valence-corrected chi connectivity index (χ4v) is 6.83. The van der Waals surface area contributed by atoms with E-state index in [-0.39, 0.29) is 19.1 Å². The molecule has 17 N–H and O–H groups in total. The van der Waals surface area contributed by atoms with Gasteiger partial charge in [0.25, 0.3) is 0 Å². The Bertz CT molecular complexity index is 907. The summed E-state index contributed by atoms with van der Waals surface area (Å²) < 4.78 is 35.3. The second-order valence-corrected chi connectivity index (χ2v) is 12.4. The van der Waals surface area contributed by atoms with Gasteiger partial charge in [-0.15, -0.1) is 0 Å². The smallest absolute Gasteiger partial charge is 0.187 e. The van der Waals surface area contributed by atoms with Gasteiger partial charge in [0, 0.05) is 30.6 Å². The van der Waals surface area contributed by atoms with Gasteiger partial charge in [-0.05, 0) is 19.3 Å². The second-order valence-electron chi connectivity index (χ2n) is 12.4. The van der Waals surface area contributed by atoms with Gasteiger partial charge in [-0.25, -0.2) is 0 Å². The normalized spacial score (nSPS) is 53.1. The molecule has 0 amide bonds. The van der Waals surface area contributed by atoms with Crippen molar-refractivity contribution in [2.45, 2.75) is 123 Å². The van der Waals surface area contributed by atoms with Gasteiger partial charge in [0.15, 0.2) is 12.6 Å². The molecule has 5 rings (SSSR count). The quantitative estimate of drug-likeness (QED) is 0.122. The fraction of sp³-hybridized carbons (Fsp3) is 1.00. The van der Waals surface area contributed by atoms with Crippen molar-refractivity contribution in [1.82, 2.24) is 0 Å². The van der Waals surface area contributed by atoms with E-state index in [1.165, 1.54) is 0 Å². The molecular formula is C25H48N6O11. The third kappa shape index (κ3) is 5.97. The van der Waals surface area contributed by atoms with E-state index in [4.69, 9.17) is 62.8 Å². The lowest BCUT2D eigenvalue weighted by Gasteiger charge is -2.53. The first-order chi connectivity index (χ1) is 19.9. The zero-order valence-electron chi connectivity index (χ0n) is 23.4. The van der Waals surface area contributed by atoms with Crippen molar-refractivity contribution < 1.29 is 54.0 Å². The number of hydrogen-bond acceptors (Lipinski definition) is 17. The van der Waals surface area contributed by atoms with Crippen molar-refractivity contribution in [1.29, 1.82) is 0 Å². The summed E-state index contributed by atoms with van der Waals surface area (Å²) >= 11 is 0. The average Bonchev–Trinajstić information content (AvgIpc) is 3.24. The summed E-state index contributed by atoms with van der Waals surface area (Å²) in [5.74, 6) is -0.650. The molecule has 5 aliphatic rings. The van der Waals surface area contributed by atoms with Gasteiger partial charge in [-0.2, -0.15) is 0 Å². The lowest BCUT2D eigenvalue weighted by Crippen LogP contribution is -2.71. The van der Waals surface area contributed by atoms with Crippen LogP contribution < -0.4 is 34.4 Å². The predicted molar refractivity (Wildman–Crippen MR) is 143 cm³/mol. The number of aliphatic hydroxyl groups is 5. The van der Waals surface area contributed by atoms with Crippen LogP contribution in [0.2, 0.25) is 0 Å². The minimum Gasteiger partial charge on any atom is -0.394 e. The lowest BCUT2D eigenvalue weighted by atomic mass is 9.71. The van der Waals surface area contributed by atoms with E-state index in [2.05, 4.69) is 0 Å². The number of aliphatic hydroxyl groups excluding tert-OH is 5. The topological polar surface area (TPSA) is 313 Å². The van der Waals surface area contributed by atoms with Gasteiger partial charge in [0.1, 0.15) is 36.6 Å². The first-order valence-electron chi connectivity index (χ1n) is 14.6. The first-order valence-corrected chi connectivity index (χ1v) is 14.6. The molecule has 1 aliphatic carbocycles. The van der Waals surface area contributed by atoms with Crippen LogP contribution >= 0.6 is 0 Å². The Hall–Kier alpha value is -0.680. The highest BCUT2D eigenvalue weighted by molar-refractivity contribution is 5.07. The van der Waals surface area contributed by atoms with Crippen molar-refractivity contribution in [3.63, 3.8) is 0 Å². The highest BCUT2D eigenvalue weighted by Gasteiger charge is 2.56. The summed E-state index contributed by atoms with van der Waals surface area (Å²) in [5.41, 5.74) is 36.8. The van der Waals surface area contributed by atoms with E-state index in [0.29, 0.717) is 26.1 Å². The van der Waals surface area contributed by atoms with E-state index in [1.807, 2.05) is 0 Å². The van der Waals surface area contributed by atoms with Crippen LogP contribution in [-0.2, 0) is 28.4 Å². The van der Waals surface area contributed by atoms with Crippen molar-refractivity contribution in [2.24, 2.45) is 40.3 Å². The molecule has 244 valence electrons. The largest absolute Gasteiger partial charge is 0.394 e. The summed E-state index contributed by atoms with van der Waals surface area (Å²) in [6.45, 7) is -0.00224. The zero-order valence-corrected chi connectivity index (χ0v) is 23.4. The monoisotopic (exact) mass is 608 g/mol. The molecule has 0 aromatic rings. The molecule has 2 unspecified atom stereocenters. The van der Waals surface area contributed by atoms with Crippen LogP contribution in [0.5, 0.6) is 0 Å². The van der Waals surface area contributed by atoms with Gasteiger partial charge in [-0.3, -0.25) is 0 Å². The van der Waals surface area contributed by atoms with Gasteiger partial charge in [-0.1, -0.05) is 0 Å². The molecule has 0 radical (unpaired) electrons. The SMILES string of the molecule is NC[C@@H]1O[C@H](O[C@H]2[C@@H](O)[C@H](O[C@@H]3[C@@H](O)[C@H](N)C[C@H](N)[C@H]3C3OC(C4(N)COC4)CC[C@H]3N)O[C@@H]2CO)[C@H](N)[C@@H](O)[C@@H]1O. The molecule has 0 bridgehead atoms. The first kappa shape index (κ1) is 32.7. The molecule has 4 saturated heterocycles. The van der Waals surface area contributed by atoms with Crippen LogP contribution in [0, 0.1) is 5.92 Å². The third-order valence-corrected chi connectivity index (χ3v) is 9.50.